The van der Waals surface area contributed by atoms with Crippen LogP contribution in [0.4, 0.5) is 0 Å². The van der Waals surface area contributed by atoms with Gasteiger partial charge in [-0.1, -0.05) is 42.5 Å². The van der Waals surface area contributed by atoms with Crippen LogP contribution >= 0.6 is 0 Å². The molecule has 0 radical (unpaired) electrons. The molecule has 1 saturated carbocycles. The number of carbonyl (C=O) groups is 3. The molecular weight excluding hydrogens is 602 g/mol. The molecule has 3 aromatic rings. The number of aliphatic hydroxyl groups excluding tert-OH is 2. The van der Waals surface area contributed by atoms with Crippen LogP contribution in [0, 0.1) is 11.8 Å². The Hall–Kier alpha value is -4.55. The van der Waals surface area contributed by atoms with E-state index in [2.05, 4.69) is 17.0 Å². The average molecular weight is 640 g/mol. The minimum atomic E-state index is -2.68. The van der Waals surface area contributed by atoms with Crippen LogP contribution in [-0.4, -0.2) is 99.7 Å². The third-order valence-electron chi connectivity index (χ3n) is 10.4. The molecule has 7 rings (SSSR count). The van der Waals surface area contributed by atoms with Crippen LogP contribution in [0.15, 0.2) is 65.4 Å². The summed E-state index contributed by atoms with van der Waals surface area (Å²) in [6, 6.07) is 14.4. The summed E-state index contributed by atoms with van der Waals surface area (Å²) < 4.78 is 5.52. The monoisotopic (exact) mass is 639 g/mol. The number of phenolic OH excluding ortho intramolecular Hbond substituents is 1. The van der Waals surface area contributed by atoms with E-state index >= 15 is 0 Å². The third kappa shape index (κ3) is 4.60. The van der Waals surface area contributed by atoms with E-state index in [4.69, 9.17) is 10.5 Å². The minimum Gasteiger partial charge on any atom is -0.508 e. The van der Waals surface area contributed by atoms with E-state index < -0.39 is 58.0 Å². The van der Waals surface area contributed by atoms with Gasteiger partial charge in [0.2, 0.25) is 5.78 Å². The SMILES string of the molecule is CN(C)[C@H]1C(=O)C(C(N)=O)=C(O)[C@]2(O)C(=O)C3=C(O)c4c(O)ccc(-c5ccc(CN6CCOCC6)c6ccccc56)c4C[C@@H]3C[C@H]12. The van der Waals surface area contributed by atoms with E-state index in [9.17, 15) is 34.8 Å². The first-order valence-corrected chi connectivity index (χ1v) is 15.8. The zero-order valence-electron chi connectivity index (χ0n) is 26.2. The predicted octanol–water partition coefficient (Wildman–Crippen LogP) is 2.62. The number of hydrogen-bond acceptors (Lipinski definition) is 10. The van der Waals surface area contributed by atoms with Crippen LogP contribution < -0.4 is 5.73 Å². The highest BCUT2D eigenvalue weighted by molar-refractivity contribution is 6.24. The minimum absolute atomic E-state index is 0.0279. The van der Waals surface area contributed by atoms with Crippen molar-refractivity contribution in [2.24, 2.45) is 17.6 Å². The van der Waals surface area contributed by atoms with Gasteiger partial charge in [-0.25, -0.2) is 0 Å². The van der Waals surface area contributed by atoms with Gasteiger partial charge >= 0.3 is 0 Å². The molecule has 4 atom stereocenters. The lowest BCUT2D eigenvalue weighted by Crippen LogP contribution is -2.65. The summed E-state index contributed by atoms with van der Waals surface area (Å²) in [6.45, 7) is 3.86. The Balaban J connectivity index is 1.37. The molecule has 244 valence electrons. The summed E-state index contributed by atoms with van der Waals surface area (Å²) in [7, 11) is 3.16. The molecule has 0 spiro atoms. The number of amides is 1. The van der Waals surface area contributed by atoms with Crippen molar-refractivity contribution in [2.75, 3.05) is 40.4 Å². The second kappa shape index (κ2) is 11.3. The summed E-state index contributed by atoms with van der Waals surface area (Å²) in [5.74, 6) is -6.72. The molecule has 1 heterocycles. The predicted molar refractivity (Wildman–Crippen MR) is 173 cm³/mol. The maximum atomic E-state index is 14.2. The summed E-state index contributed by atoms with van der Waals surface area (Å²) in [6.07, 6.45) is 0.238. The molecule has 11 nitrogen and oxygen atoms in total. The molecule has 6 N–H and O–H groups in total. The molecule has 3 aromatic carbocycles. The Bertz CT molecular complexity index is 1920. The molecular formula is C36H37N3O8. The summed E-state index contributed by atoms with van der Waals surface area (Å²) in [4.78, 5) is 43.7. The zero-order chi connectivity index (χ0) is 33.4. The smallest absolute Gasteiger partial charge is 0.255 e. The van der Waals surface area contributed by atoms with Crippen molar-refractivity contribution in [2.45, 2.75) is 31.0 Å². The van der Waals surface area contributed by atoms with Crippen molar-refractivity contribution in [1.29, 1.82) is 0 Å². The number of carbonyl (C=O) groups excluding carboxylic acids is 3. The maximum Gasteiger partial charge on any atom is 0.255 e. The first-order valence-electron chi connectivity index (χ1n) is 15.8. The van der Waals surface area contributed by atoms with Crippen molar-refractivity contribution >= 4 is 34.0 Å². The van der Waals surface area contributed by atoms with E-state index in [1.807, 2.05) is 24.3 Å². The second-order valence-corrected chi connectivity index (χ2v) is 13.2. The number of morpholine rings is 1. The van der Waals surface area contributed by atoms with Gasteiger partial charge in [0.05, 0.1) is 24.8 Å². The van der Waals surface area contributed by atoms with Crippen LogP contribution in [0.25, 0.3) is 27.7 Å². The Kier molecular flexibility index (Phi) is 7.47. The number of ether oxygens (including phenoxy) is 1. The lowest BCUT2D eigenvalue weighted by Gasteiger charge is -2.50. The van der Waals surface area contributed by atoms with Crippen LogP contribution in [0.3, 0.4) is 0 Å². The van der Waals surface area contributed by atoms with E-state index in [-0.39, 0.29) is 29.7 Å². The van der Waals surface area contributed by atoms with Crippen molar-refractivity contribution in [3.8, 4) is 16.9 Å². The van der Waals surface area contributed by atoms with E-state index in [0.29, 0.717) is 18.8 Å². The molecule has 1 aliphatic heterocycles. The quantitative estimate of drug-likeness (QED) is 0.261. The number of aliphatic hydroxyl groups is 3. The van der Waals surface area contributed by atoms with Gasteiger partial charge in [0.25, 0.3) is 5.91 Å². The molecule has 0 unspecified atom stereocenters. The van der Waals surface area contributed by atoms with Gasteiger partial charge in [-0.05, 0) is 71.9 Å². The van der Waals surface area contributed by atoms with Crippen LogP contribution in [0.1, 0.15) is 23.1 Å². The molecule has 47 heavy (non-hydrogen) atoms. The fourth-order valence-corrected chi connectivity index (χ4v) is 8.23. The number of nitrogens with two attached hydrogens (primary N) is 1. The number of fused-ring (bicyclic) bond motifs is 4. The first-order chi connectivity index (χ1) is 22.4. The van der Waals surface area contributed by atoms with Crippen molar-refractivity contribution in [3.63, 3.8) is 0 Å². The molecule has 1 amide bonds. The number of ketones is 2. The fraction of sp³-hybridized carbons (Fsp3) is 0.361. The summed E-state index contributed by atoms with van der Waals surface area (Å²) in [5, 5.41) is 47.8. The molecule has 1 saturated heterocycles. The van der Waals surface area contributed by atoms with E-state index in [1.165, 1.54) is 16.5 Å². The molecule has 0 aromatic heterocycles. The van der Waals surface area contributed by atoms with Crippen molar-refractivity contribution in [1.82, 2.24) is 9.80 Å². The maximum absolute atomic E-state index is 14.2. The van der Waals surface area contributed by atoms with Gasteiger partial charge in [-0.3, -0.25) is 24.2 Å². The van der Waals surface area contributed by atoms with E-state index in [0.717, 1.165) is 41.5 Å². The van der Waals surface area contributed by atoms with Gasteiger partial charge < -0.3 is 30.9 Å². The van der Waals surface area contributed by atoms with Crippen LogP contribution in [0.2, 0.25) is 0 Å². The summed E-state index contributed by atoms with van der Waals surface area (Å²) >= 11 is 0. The molecule has 11 heteroatoms. The highest BCUT2D eigenvalue weighted by Gasteiger charge is 2.64. The van der Waals surface area contributed by atoms with Crippen LogP contribution in [-0.2, 0) is 32.1 Å². The Morgan fingerprint density at radius 3 is 2.36 bits per heavy atom. The highest BCUT2D eigenvalue weighted by Crippen LogP contribution is 2.54. The lowest BCUT2D eigenvalue weighted by molar-refractivity contribution is -0.153. The fourth-order valence-electron chi connectivity index (χ4n) is 8.23. The van der Waals surface area contributed by atoms with E-state index in [1.54, 1.807) is 20.2 Å². The Morgan fingerprint density at radius 2 is 1.68 bits per heavy atom. The average Bonchev–Trinajstić information content (AvgIpc) is 3.03. The number of Topliss-reactive ketones (excluding diaryl/α,β-unsaturated/α-hetero) is 2. The van der Waals surface area contributed by atoms with Gasteiger partial charge in [0.15, 0.2) is 11.4 Å². The standard InChI is InChI=1S/C36H37N3O8/c1-38(2)30-25-16-19-15-24-23(22-8-7-18(17-39-11-13-47-14-12-39)20-5-3-4-6-21(20)22)9-10-26(40)28(24)31(41)27(19)33(43)36(25,46)34(44)29(32(30)42)35(37)45/h3-10,19,25,30,40-41,44,46H,11-17H2,1-2H3,(H2,37,45)/t19-,25-,30-,36-/m1/s1. The lowest BCUT2D eigenvalue weighted by atomic mass is 9.57. The summed E-state index contributed by atoms with van der Waals surface area (Å²) in [5.41, 5.74) is 5.27. The number of aromatic hydroxyl groups is 1. The number of likely N-dealkylation sites (N-methyl/N-ethyl adjacent to an activating group) is 1. The number of benzene rings is 3. The van der Waals surface area contributed by atoms with Gasteiger partial charge in [-0.2, -0.15) is 0 Å². The Morgan fingerprint density at radius 1 is 1.00 bits per heavy atom. The number of phenols is 1. The van der Waals surface area contributed by atoms with Gasteiger partial charge in [0.1, 0.15) is 22.8 Å². The Labute approximate surface area is 271 Å². The number of hydrogen-bond donors (Lipinski definition) is 5. The second-order valence-electron chi connectivity index (χ2n) is 13.2. The van der Waals surface area contributed by atoms with Crippen molar-refractivity contribution in [3.05, 3.63) is 82.1 Å². The largest absolute Gasteiger partial charge is 0.508 e. The number of rotatable bonds is 5. The molecule has 2 fully saturated rings. The molecule has 3 aliphatic carbocycles. The number of primary amides is 1. The first kappa shape index (κ1) is 31.1. The van der Waals surface area contributed by atoms with Gasteiger partial charge in [-0.15, -0.1) is 0 Å². The number of nitrogens with zero attached hydrogens (tertiary/aromatic N) is 2. The van der Waals surface area contributed by atoms with Gasteiger partial charge in [0, 0.05) is 31.1 Å². The molecule has 4 aliphatic rings. The molecule has 0 bridgehead atoms. The highest BCUT2D eigenvalue weighted by atomic mass is 16.5. The third-order valence-corrected chi connectivity index (χ3v) is 10.4. The van der Waals surface area contributed by atoms with Crippen molar-refractivity contribution < 1.29 is 39.5 Å². The zero-order valence-corrected chi connectivity index (χ0v) is 26.2. The topological polar surface area (TPSA) is 174 Å². The van der Waals surface area contributed by atoms with Crippen LogP contribution in [0.5, 0.6) is 5.75 Å². The normalized spacial score (nSPS) is 26.4.